The molecule has 0 aromatic heterocycles. The van der Waals surface area contributed by atoms with E-state index in [1.54, 1.807) is 0 Å². The number of hydrogen-bond acceptors (Lipinski definition) is 2. The lowest BCUT2D eigenvalue weighted by molar-refractivity contribution is -0.274. The summed E-state index contributed by atoms with van der Waals surface area (Å²) in [6, 6.07) is 3.57. The molecule has 78 valence electrons. The molecular formula is C8H6ClF3O2. The molecule has 0 aliphatic carbocycles. The van der Waals surface area contributed by atoms with Crippen LogP contribution in [0.4, 0.5) is 13.2 Å². The van der Waals surface area contributed by atoms with Crippen molar-refractivity contribution < 1.29 is 23.0 Å². The number of phenolic OH excluding ortho intramolecular Hbond substituents is 1. The van der Waals surface area contributed by atoms with E-state index in [0.29, 0.717) is 0 Å². The van der Waals surface area contributed by atoms with Gasteiger partial charge in [-0.15, -0.1) is 24.8 Å². The van der Waals surface area contributed by atoms with Gasteiger partial charge in [0.2, 0.25) is 0 Å². The van der Waals surface area contributed by atoms with Crippen LogP contribution < -0.4 is 4.74 Å². The second-order valence-corrected chi connectivity index (χ2v) is 2.70. The SMILES string of the molecule is Oc1cccc(OC(F)(F)F)c1CCl. The minimum atomic E-state index is -4.78. The molecule has 0 fully saturated rings. The summed E-state index contributed by atoms with van der Waals surface area (Å²) < 4.78 is 39.2. The summed E-state index contributed by atoms with van der Waals surface area (Å²) in [5.74, 6) is -1.05. The van der Waals surface area contributed by atoms with Gasteiger partial charge in [-0.3, -0.25) is 0 Å². The Balaban J connectivity index is 3.02. The van der Waals surface area contributed by atoms with Crippen molar-refractivity contribution in [3.63, 3.8) is 0 Å². The van der Waals surface area contributed by atoms with E-state index >= 15 is 0 Å². The lowest BCUT2D eigenvalue weighted by Crippen LogP contribution is -2.17. The maximum absolute atomic E-state index is 11.8. The van der Waals surface area contributed by atoms with Crippen LogP contribution in [0.25, 0.3) is 0 Å². The van der Waals surface area contributed by atoms with Crippen molar-refractivity contribution in [1.29, 1.82) is 0 Å². The van der Waals surface area contributed by atoms with E-state index in [2.05, 4.69) is 4.74 Å². The minimum absolute atomic E-state index is 0.0773. The number of ether oxygens (including phenoxy) is 1. The summed E-state index contributed by atoms with van der Waals surface area (Å²) in [6.07, 6.45) is -4.78. The number of halogens is 4. The highest BCUT2D eigenvalue weighted by atomic mass is 35.5. The molecule has 1 aromatic carbocycles. The van der Waals surface area contributed by atoms with Gasteiger partial charge in [0.1, 0.15) is 11.5 Å². The quantitative estimate of drug-likeness (QED) is 0.786. The molecule has 6 heteroatoms. The third kappa shape index (κ3) is 2.70. The van der Waals surface area contributed by atoms with E-state index in [-0.39, 0.29) is 17.2 Å². The molecule has 0 aliphatic heterocycles. The maximum atomic E-state index is 11.8. The number of benzene rings is 1. The average molecular weight is 227 g/mol. The molecular weight excluding hydrogens is 221 g/mol. The van der Waals surface area contributed by atoms with Gasteiger partial charge in [0.15, 0.2) is 0 Å². The Morgan fingerprint density at radius 1 is 1.36 bits per heavy atom. The molecule has 0 amide bonds. The van der Waals surface area contributed by atoms with Crippen LogP contribution in [0.2, 0.25) is 0 Å². The van der Waals surface area contributed by atoms with E-state index in [9.17, 15) is 13.2 Å². The zero-order valence-corrected chi connectivity index (χ0v) is 7.56. The van der Waals surface area contributed by atoms with Crippen molar-refractivity contribution in [2.24, 2.45) is 0 Å². The van der Waals surface area contributed by atoms with Gasteiger partial charge in [0.05, 0.1) is 11.4 Å². The summed E-state index contributed by atoms with van der Waals surface area (Å²) in [6.45, 7) is 0. The largest absolute Gasteiger partial charge is 0.573 e. The van der Waals surface area contributed by atoms with Crippen molar-refractivity contribution in [2.45, 2.75) is 12.2 Å². The zero-order valence-electron chi connectivity index (χ0n) is 6.81. The molecule has 1 aromatic rings. The number of hydrogen-bond donors (Lipinski definition) is 1. The molecule has 0 heterocycles. The van der Waals surface area contributed by atoms with Crippen LogP contribution in [-0.2, 0) is 5.88 Å². The van der Waals surface area contributed by atoms with E-state index in [0.717, 1.165) is 6.07 Å². The van der Waals surface area contributed by atoms with Gasteiger partial charge >= 0.3 is 6.36 Å². The van der Waals surface area contributed by atoms with Crippen molar-refractivity contribution in [2.75, 3.05) is 0 Å². The molecule has 0 saturated heterocycles. The van der Waals surface area contributed by atoms with Crippen LogP contribution in [0.5, 0.6) is 11.5 Å². The van der Waals surface area contributed by atoms with Gasteiger partial charge < -0.3 is 9.84 Å². The van der Waals surface area contributed by atoms with Crippen molar-refractivity contribution in [3.8, 4) is 11.5 Å². The topological polar surface area (TPSA) is 29.5 Å². The standard InChI is InChI=1S/C8H6ClF3O2/c9-4-5-6(13)2-1-3-7(5)14-8(10,11)12/h1-3,13H,4H2. The summed E-state index contributed by atoms with van der Waals surface area (Å²) in [7, 11) is 0. The highest BCUT2D eigenvalue weighted by Gasteiger charge is 2.32. The molecule has 0 saturated carbocycles. The fraction of sp³-hybridized carbons (Fsp3) is 0.250. The van der Waals surface area contributed by atoms with Gasteiger partial charge in [0.25, 0.3) is 0 Å². The first-order valence-corrected chi connectivity index (χ1v) is 4.10. The van der Waals surface area contributed by atoms with Gasteiger partial charge in [-0.1, -0.05) is 6.07 Å². The monoisotopic (exact) mass is 226 g/mol. The maximum Gasteiger partial charge on any atom is 0.573 e. The highest BCUT2D eigenvalue weighted by molar-refractivity contribution is 6.17. The van der Waals surface area contributed by atoms with E-state index < -0.39 is 12.1 Å². The number of alkyl halides is 4. The highest BCUT2D eigenvalue weighted by Crippen LogP contribution is 2.32. The fourth-order valence-electron chi connectivity index (χ4n) is 0.909. The Labute approximate surface area is 82.9 Å². The van der Waals surface area contributed by atoms with Crippen LogP contribution in [-0.4, -0.2) is 11.5 Å². The van der Waals surface area contributed by atoms with Gasteiger partial charge in [0, 0.05) is 0 Å². The Morgan fingerprint density at radius 2 is 2.00 bits per heavy atom. The number of rotatable bonds is 2. The Bertz CT molecular complexity index is 325. The lowest BCUT2D eigenvalue weighted by atomic mass is 10.2. The van der Waals surface area contributed by atoms with E-state index in [4.69, 9.17) is 16.7 Å². The summed E-state index contributed by atoms with van der Waals surface area (Å²) in [4.78, 5) is 0. The Hall–Kier alpha value is -1.10. The van der Waals surface area contributed by atoms with Gasteiger partial charge in [-0.05, 0) is 12.1 Å². The molecule has 0 aliphatic rings. The Morgan fingerprint density at radius 3 is 2.50 bits per heavy atom. The Kier molecular flexibility index (Phi) is 3.10. The van der Waals surface area contributed by atoms with Crippen LogP contribution >= 0.6 is 11.6 Å². The third-order valence-corrected chi connectivity index (χ3v) is 1.73. The normalized spacial score (nSPS) is 11.4. The van der Waals surface area contributed by atoms with Crippen LogP contribution in [0.3, 0.4) is 0 Å². The molecule has 0 spiro atoms. The molecule has 0 atom stereocenters. The first kappa shape index (κ1) is 11.0. The molecule has 1 N–H and O–H groups in total. The predicted molar refractivity (Wildman–Crippen MR) is 44.3 cm³/mol. The molecule has 2 nitrogen and oxygen atoms in total. The second-order valence-electron chi connectivity index (χ2n) is 2.44. The van der Waals surface area contributed by atoms with Crippen LogP contribution in [0.1, 0.15) is 5.56 Å². The molecule has 0 bridgehead atoms. The summed E-state index contributed by atoms with van der Waals surface area (Å²) in [5, 5.41) is 9.16. The number of aromatic hydroxyl groups is 1. The fourth-order valence-corrected chi connectivity index (χ4v) is 1.18. The molecule has 0 radical (unpaired) electrons. The van der Waals surface area contributed by atoms with Gasteiger partial charge in [-0.2, -0.15) is 0 Å². The number of phenols is 1. The predicted octanol–water partition coefficient (Wildman–Crippen LogP) is 3.03. The average Bonchev–Trinajstić information content (AvgIpc) is 2.01. The molecule has 0 unspecified atom stereocenters. The van der Waals surface area contributed by atoms with E-state index in [1.165, 1.54) is 12.1 Å². The first-order valence-electron chi connectivity index (χ1n) is 3.56. The molecule has 14 heavy (non-hydrogen) atoms. The first-order chi connectivity index (χ1) is 6.44. The zero-order chi connectivity index (χ0) is 10.8. The minimum Gasteiger partial charge on any atom is -0.507 e. The summed E-state index contributed by atoms with van der Waals surface area (Å²) >= 11 is 5.36. The van der Waals surface area contributed by atoms with E-state index in [1.807, 2.05) is 0 Å². The van der Waals surface area contributed by atoms with Crippen molar-refractivity contribution in [1.82, 2.24) is 0 Å². The van der Waals surface area contributed by atoms with Crippen LogP contribution in [0.15, 0.2) is 18.2 Å². The summed E-state index contributed by atoms with van der Waals surface area (Å²) in [5.41, 5.74) is -0.0773. The smallest absolute Gasteiger partial charge is 0.507 e. The second kappa shape index (κ2) is 3.96. The lowest BCUT2D eigenvalue weighted by Gasteiger charge is -2.12. The molecule has 1 rings (SSSR count). The third-order valence-electron chi connectivity index (χ3n) is 1.47. The van der Waals surface area contributed by atoms with Crippen molar-refractivity contribution >= 4 is 11.6 Å². The van der Waals surface area contributed by atoms with Gasteiger partial charge in [-0.25, -0.2) is 0 Å². The van der Waals surface area contributed by atoms with Crippen LogP contribution in [0, 0.1) is 0 Å². The van der Waals surface area contributed by atoms with Crippen molar-refractivity contribution in [3.05, 3.63) is 23.8 Å².